The van der Waals surface area contributed by atoms with Crippen molar-refractivity contribution >= 4 is 0 Å². The quantitative estimate of drug-likeness (QED) is 0.463. The van der Waals surface area contributed by atoms with E-state index in [2.05, 4.69) is 6.08 Å². The van der Waals surface area contributed by atoms with E-state index in [-0.39, 0.29) is 12.1 Å². The number of aliphatic hydroxyl groups is 1. The second-order valence-corrected chi connectivity index (χ2v) is 4.73. The molecule has 14 heavy (non-hydrogen) atoms. The highest BCUT2D eigenvalue weighted by atomic mass is 16.5. The van der Waals surface area contributed by atoms with E-state index in [4.69, 9.17) is 0 Å². The molecule has 3 nitrogen and oxygen atoms in total. The highest BCUT2D eigenvalue weighted by Gasteiger charge is 2.33. The monoisotopic (exact) mass is 197 g/mol. The van der Waals surface area contributed by atoms with Crippen molar-refractivity contribution in [1.29, 1.82) is 0 Å². The van der Waals surface area contributed by atoms with Crippen LogP contribution in [0.25, 0.3) is 0 Å². The second kappa shape index (κ2) is 4.01. The lowest BCUT2D eigenvalue weighted by Gasteiger charge is -2.40. The number of aliphatic hydroxyl groups excluding tert-OH is 1. The Balaban J connectivity index is 1.99. The maximum atomic E-state index is 11.3. The molecule has 0 heterocycles. The van der Waals surface area contributed by atoms with Gasteiger partial charge in [-0.2, -0.15) is 0 Å². The highest BCUT2D eigenvalue weighted by molar-refractivity contribution is 5.04. The zero-order valence-electron chi connectivity index (χ0n) is 8.65. The Morgan fingerprint density at radius 1 is 1.29 bits per heavy atom. The predicted octanol–water partition coefficient (Wildman–Crippen LogP) is 0.105. The fraction of sp³-hybridized carbons (Fsp3) is 0.818. The molecule has 0 bridgehead atoms. The molecule has 0 aromatic heterocycles. The molecule has 0 aromatic rings. The van der Waals surface area contributed by atoms with E-state index in [0.717, 1.165) is 25.7 Å². The van der Waals surface area contributed by atoms with Crippen molar-refractivity contribution < 1.29 is 10.2 Å². The van der Waals surface area contributed by atoms with Crippen molar-refractivity contribution in [2.45, 2.75) is 37.8 Å². The van der Waals surface area contributed by atoms with Gasteiger partial charge >= 0.3 is 0 Å². The normalized spacial score (nSPS) is 44.5. The summed E-state index contributed by atoms with van der Waals surface area (Å²) >= 11 is 0. The molecule has 0 amide bonds. The van der Waals surface area contributed by atoms with Crippen LogP contribution >= 0.6 is 0 Å². The van der Waals surface area contributed by atoms with Crippen LogP contribution in [0.4, 0.5) is 0 Å². The second-order valence-electron chi connectivity index (χ2n) is 4.73. The van der Waals surface area contributed by atoms with Gasteiger partial charge in [0.15, 0.2) is 0 Å². The standard InChI is InChI=1S/C11H19NO2/c1-12(14)10-4-2-9-7-11(13)5-3-8(9)6-10/h3,5,8-13H,2,4,6-7H2,1H3. The molecule has 5 atom stereocenters. The van der Waals surface area contributed by atoms with Crippen LogP contribution in [-0.2, 0) is 0 Å². The number of allylic oxidation sites excluding steroid dienone is 1. The third kappa shape index (κ3) is 2.00. The number of hydroxylamine groups is 2. The minimum absolute atomic E-state index is 0.245. The van der Waals surface area contributed by atoms with Crippen LogP contribution in [0.5, 0.6) is 0 Å². The average molecular weight is 197 g/mol. The smallest absolute Gasteiger partial charge is 0.0875 e. The topological polar surface area (TPSA) is 47.7 Å². The number of nitrogens with one attached hydrogen (secondary N) is 1. The summed E-state index contributed by atoms with van der Waals surface area (Å²) in [4.78, 5) is 0. The minimum atomic E-state index is -0.245. The van der Waals surface area contributed by atoms with E-state index >= 15 is 0 Å². The zero-order valence-corrected chi connectivity index (χ0v) is 8.65. The zero-order chi connectivity index (χ0) is 10.1. The molecular formula is C11H19NO2. The van der Waals surface area contributed by atoms with E-state index in [9.17, 15) is 10.3 Å². The van der Waals surface area contributed by atoms with Gasteiger partial charge in [0, 0.05) is 6.42 Å². The third-order valence-electron chi connectivity index (χ3n) is 3.75. The molecule has 2 rings (SSSR count). The molecule has 2 N–H and O–H groups in total. The van der Waals surface area contributed by atoms with Gasteiger partial charge in [0.2, 0.25) is 0 Å². The summed E-state index contributed by atoms with van der Waals surface area (Å²) in [6.45, 7) is 0. The Morgan fingerprint density at radius 3 is 2.79 bits per heavy atom. The van der Waals surface area contributed by atoms with Crippen LogP contribution in [0.15, 0.2) is 12.2 Å². The molecule has 0 radical (unpaired) electrons. The van der Waals surface area contributed by atoms with Crippen molar-refractivity contribution in [3.8, 4) is 0 Å². The molecule has 0 spiro atoms. The number of rotatable bonds is 1. The Hall–Kier alpha value is -0.380. The first-order valence-corrected chi connectivity index (χ1v) is 5.53. The van der Waals surface area contributed by atoms with Gasteiger partial charge < -0.3 is 15.4 Å². The number of hydrogen-bond acceptors (Lipinski definition) is 2. The number of hydrogen-bond donors (Lipinski definition) is 2. The van der Waals surface area contributed by atoms with E-state index < -0.39 is 0 Å². The lowest BCUT2D eigenvalue weighted by atomic mass is 9.72. The van der Waals surface area contributed by atoms with Gasteiger partial charge in [-0.05, 0) is 31.1 Å². The van der Waals surface area contributed by atoms with Crippen molar-refractivity contribution in [3.63, 3.8) is 0 Å². The Kier molecular flexibility index (Phi) is 2.91. The van der Waals surface area contributed by atoms with Crippen LogP contribution in [-0.4, -0.2) is 24.3 Å². The SMILES string of the molecule is C[NH+]([O-])C1CCC2CC(O)C=CC2C1. The fourth-order valence-electron chi connectivity index (χ4n) is 2.83. The van der Waals surface area contributed by atoms with Crippen LogP contribution in [0.1, 0.15) is 25.7 Å². The predicted molar refractivity (Wildman–Crippen MR) is 54.6 cm³/mol. The van der Waals surface area contributed by atoms with E-state index in [1.54, 1.807) is 7.05 Å². The van der Waals surface area contributed by atoms with Gasteiger partial charge in [0.25, 0.3) is 0 Å². The van der Waals surface area contributed by atoms with Gasteiger partial charge in [0.05, 0.1) is 19.2 Å². The molecule has 2 aliphatic carbocycles. The van der Waals surface area contributed by atoms with Crippen LogP contribution in [0.2, 0.25) is 0 Å². The summed E-state index contributed by atoms with van der Waals surface area (Å²) in [6.07, 6.45) is 7.80. The Bertz CT molecular complexity index is 227. The van der Waals surface area contributed by atoms with E-state index in [1.807, 2.05) is 6.08 Å². The lowest BCUT2D eigenvalue weighted by Crippen LogP contribution is -3.08. The molecule has 0 saturated heterocycles. The summed E-state index contributed by atoms with van der Waals surface area (Å²) in [5.41, 5.74) is 0. The van der Waals surface area contributed by atoms with Gasteiger partial charge in [0.1, 0.15) is 0 Å². The number of fused-ring (bicyclic) bond motifs is 1. The Labute approximate surface area is 85.0 Å². The fourth-order valence-corrected chi connectivity index (χ4v) is 2.83. The maximum absolute atomic E-state index is 11.3. The summed E-state index contributed by atoms with van der Waals surface area (Å²) in [6, 6.07) is 0.274. The molecule has 2 aliphatic rings. The molecule has 80 valence electrons. The first-order valence-electron chi connectivity index (χ1n) is 5.53. The van der Waals surface area contributed by atoms with Crippen LogP contribution < -0.4 is 5.06 Å². The molecule has 1 fully saturated rings. The first kappa shape index (κ1) is 10.1. The minimum Gasteiger partial charge on any atom is -0.634 e. The van der Waals surface area contributed by atoms with Crippen LogP contribution in [0, 0.1) is 17.0 Å². The molecule has 1 saturated carbocycles. The summed E-state index contributed by atoms with van der Waals surface area (Å²) < 4.78 is 0. The van der Waals surface area contributed by atoms with E-state index in [0.29, 0.717) is 16.9 Å². The highest BCUT2D eigenvalue weighted by Crippen LogP contribution is 2.36. The van der Waals surface area contributed by atoms with Crippen molar-refractivity contribution in [3.05, 3.63) is 17.4 Å². The number of quaternary nitrogens is 1. The van der Waals surface area contributed by atoms with E-state index in [1.165, 1.54) is 0 Å². The average Bonchev–Trinajstić information content (AvgIpc) is 2.16. The third-order valence-corrected chi connectivity index (χ3v) is 3.75. The molecule has 0 aromatic carbocycles. The summed E-state index contributed by atoms with van der Waals surface area (Å²) in [7, 11) is 1.70. The van der Waals surface area contributed by atoms with Crippen molar-refractivity contribution in [2.24, 2.45) is 11.8 Å². The Morgan fingerprint density at radius 2 is 2.07 bits per heavy atom. The van der Waals surface area contributed by atoms with Crippen molar-refractivity contribution in [1.82, 2.24) is 0 Å². The first-order chi connectivity index (χ1) is 6.66. The largest absolute Gasteiger partial charge is 0.634 e. The maximum Gasteiger partial charge on any atom is 0.0875 e. The molecule has 0 aliphatic heterocycles. The van der Waals surface area contributed by atoms with Gasteiger partial charge in [-0.1, -0.05) is 12.2 Å². The molecular weight excluding hydrogens is 178 g/mol. The summed E-state index contributed by atoms with van der Waals surface area (Å²) in [5, 5.41) is 21.1. The van der Waals surface area contributed by atoms with Gasteiger partial charge in [-0.3, -0.25) is 0 Å². The molecule has 3 heteroatoms. The lowest BCUT2D eigenvalue weighted by molar-refractivity contribution is -0.856. The van der Waals surface area contributed by atoms with Crippen LogP contribution in [0.3, 0.4) is 0 Å². The molecule has 5 unspecified atom stereocenters. The van der Waals surface area contributed by atoms with Gasteiger partial charge in [-0.25, -0.2) is 0 Å². The van der Waals surface area contributed by atoms with Gasteiger partial charge in [-0.15, -0.1) is 0 Å². The van der Waals surface area contributed by atoms with Crippen molar-refractivity contribution in [2.75, 3.05) is 7.05 Å². The summed E-state index contributed by atoms with van der Waals surface area (Å²) in [5.74, 6) is 1.16.